The number of nitrogens with one attached hydrogen (secondary N) is 2. The summed E-state index contributed by atoms with van der Waals surface area (Å²) < 4.78 is 1.83. The lowest BCUT2D eigenvalue weighted by atomic mass is 10.3. The molecule has 0 unspecified atom stereocenters. The number of imide groups is 1. The maximum atomic E-state index is 12.0. The molecule has 3 rings (SSSR count). The highest BCUT2D eigenvalue weighted by molar-refractivity contribution is 7.99. The second-order valence-electron chi connectivity index (χ2n) is 5.22. The van der Waals surface area contributed by atoms with E-state index < -0.39 is 11.9 Å². The van der Waals surface area contributed by atoms with Gasteiger partial charge in [-0.1, -0.05) is 47.6 Å². The van der Waals surface area contributed by atoms with Gasteiger partial charge in [0.1, 0.15) is 0 Å². The van der Waals surface area contributed by atoms with Gasteiger partial charge in [0.2, 0.25) is 5.91 Å². The number of nitrogens with zero attached hydrogens (tertiary/aromatic N) is 2. The molecule has 0 saturated heterocycles. The molecular weight excluding hydrogens is 372 g/mol. The zero-order valence-corrected chi connectivity index (χ0v) is 15.1. The van der Waals surface area contributed by atoms with E-state index in [1.54, 1.807) is 48.8 Å². The van der Waals surface area contributed by atoms with Crippen LogP contribution in [0.15, 0.2) is 72.1 Å². The maximum absolute atomic E-state index is 12.0. The number of thioether (sulfide) groups is 1. The number of carbonyl (C=O) groups excluding carboxylic acids is 2. The van der Waals surface area contributed by atoms with Gasteiger partial charge in [0.25, 0.3) is 0 Å². The number of imidazole rings is 1. The highest BCUT2D eigenvalue weighted by Crippen LogP contribution is 2.22. The second-order valence-corrected chi connectivity index (χ2v) is 6.60. The Bertz CT molecular complexity index is 914. The fourth-order valence-electron chi connectivity index (χ4n) is 2.20. The van der Waals surface area contributed by atoms with E-state index in [0.717, 1.165) is 5.69 Å². The summed E-state index contributed by atoms with van der Waals surface area (Å²) in [7, 11) is 0. The van der Waals surface area contributed by atoms with E-state index in [2.05, 4.69) is 15.6 Å². The summed E-state index contributed by atoms with van der Waals surface area (Å²) in [6.07, 6.45) is 3.43. The molecule has 2 N–H and O–H groups in total. The summed E-state index contributed by atoms with van der Waals surface area (Å²) in [4.78, 5) is 28.1. The predicted molar refractivity (Wildman–Crippen MR) is 103 cm³/mol. The molecule has 132 valence electrons. The zero-order chi connectivity index (χ0) is 18.4. The average Bonchev–Trinajstić information content (AvgIpc) is 3.09. The van der Waals surface area contributed by atoms with Crippen molar-refractivity contribution in [3.8, 4) is 5.69 Å². The van der Waals surface area contributed by atoms with E-state index >= 15 is 0 Å². The molecule has 0 atom stereocenters. The van der Waals surface area contributed by atoms with Gasteiger partial charge in [-0.25, -0.2) is 9.78 Å². The van der Waals surface area contributed by atoms with Crippen LogP contribution in [0, 0.1) is 0 Å². The van der Waals surface area contributed by atoms with E-state index in [4.69, 9.17) is 11.6 Å². The Morgan fingerprint density at radius 2 is 1.92 bits per heavy atom. The van der Waals surface area contributed by atoms with E-state index in [1.165, 1.54) is 11.8 Å². The SMILES string of the molecule is O=C(CSc1nccn1-c1cccc(Cl)c1)NC(=O)Nc1ccccc1. The van der Waals surface area contributed by atoms with E-state index in [0.29, 0.717) is 15.9 Å². The van der Waals surface area contributed by atoms with Gasteiger partial charge in [0, 0.05) is 28.8 Å². The first-order valence-electron chi connectivity index (χ1n) is 7.70. The third-order valence-corrected chi connectivity index (χ3v) is 4.51. The molecule has 1 aromatic heterocycles. The van der Waals surface area contributed by atoms with Crippen molar-refractivity contribution in [3.63, 3.8) is 0 Å². The van der Waals surface area contributed by atoms with Crippen LogP contribution in [0.4, 0.5) is 10.5 Å². The first-order chi connectivity index (χ1) is 12.6. The van der Waals surface area contributed by atoms with Crippen LogP contribution in [0.25, 0.3) is 5.69 Å². The highest BCUT2D eigenvalue weighted by Gasteiger charge is 2.12. The van der Waals surface area contributed by atoms with Crippen LogP contribution < -0.4 is 10.6 Å². The Kier molecular flexibility index (Phi) is 5.93. The number of urea groups is 1. The van der Waals surface area contributed by atoms with Crippen molar-refractivity contribution in [1.82, 2.24) is 14.9 Å². The summed E-state index contributed by atoms with van der Waals surface area (Å²) in [5.74, 6) is -0.358. The number of hydrogen-bond donors (Lipinski definition) is 2. The molecule has 0 radical (unpaired) electrons. The van der Waals surface area contributed by atoms with E-state index in [-0.39, 0.29) is 5.75 Å². The fraction of sp³-hybridized carbons (Fsp3) is 0.0556. The Balaban J connectivity index is 1.55. The summed E-state index contributed by atoms with van der Waals surface area (Å²) in [6, 6.07) is 15.7. The minimum atomic E-state index is -0.569. The number of benzene rings is 2. The molecule has 0 aliphatic heterocycles. The van der Waals surface area contributed by atoms with Crippen molar-refractivity contribution < 1.29 is 9.59 Å². The fourth-order valence-corrected chi connectivity index (χ4v) is 3.15. The van der Waals surface area contributed by atoms with Crippen molar-refractivity contribution in [3.05, 3.63) is 72.0 Å². The standard InChI is InChI=1S/C18H15ClN4O2S/c19-13-5-4-8-15(11-13)23-10-9-20-18(23)26-12-16(24)22-17(25)21-14-6-2-1-3-7-14/h1-11H,12H2,(H2,21,22,24,25). The molecule has 6 nitrogen and oxygen atoms in total. The number of amides is 3. The van der Waals surface area contributed by atoms with E-state index in [1.807, 2.05) is 22.8 Å². The number of rotatable bonds is 5. The van der Waals surface area contributed by atoms with Crippen molar-refractivity contribution in [2.75, 3.05) is 11.1 Å². The van der Waals surface area contributed by atoms with Gasteiger partial charge in [-0.05, 0) is 30.3 Å². The third-order valence-electron chi connectivity index (χ3n) is 3.31. The molecule has 0 fully saturated rings. The largest absolute Gasteiger partial charge is 0.325 e. The lowest BCUT2D eigenvalue weighted by Gasteiger charge is -2.08. The van der Waals surface area contributed by atoms with Crippen LogP contribution in [0.2, 0.25) is 5.02 Å². The van der Waals surface area contributed by atoms with Crippen LogP contribution in [0.3, 0.4) is 0 Å². The summed E-state index contributed by atoms with van der Waals surface area (Å²) in [5, 5.41) is 6.13. The summed E-state index contributed by atoms with van der Waals surface area (Å²) >= 11 is 7.24. The lowest BCUT2D eigenvalue weighted by molar-refractivity contribution is -0.117. The Morgan fingerprint density at radius 3 is 2.69 bits per heavy atom. The minimum Gasteiger partial charge on any atom is -0.308 e. The van der Waals surface area contributed by atoms with E-state index in [9.17, 15) is 9.59 Å². The molecule has 8 heteroatoms. The molecular formula is C18H15ClN4O2S. The van der Waals surface area contributed by atoms with Gasteiger partial charge < -0.3 is 5.32 Å². The molecule has 0 aliphatic carbocycles. The number of aromatic nitrogens is 2. The molecule has 26 heavy (non-hydrogen) atoms. The van der Waals surface area contributed by atoms with Crippen LogP contribution in [-0.2, 0) is 4.79 Å². The predicted octanol–water partition coefficient (Wildman–Crippen LogP) is 3.97. The zero-order valence-electron chi connectivity index (χ0n) is 13.6. The average molecular weight is 387 g/mol. The highest BCUT2D eigenvalue weighted by atomic mass is 35.5. The second kappa shape index (κ2) is 8.55. The molecule has 2 aromatic carbocycles. The molecule has 0 spiro atoms. The molecule has 0 aliphatic rings. The van der Waals surface area contributed by atoms with Gasteiger partial charge in [-0.15, -0.1) is 0 Å². The van der Waals surface area contributed by atoms with Crippen LogP contribution in [0.1, 0.15) is 0 Å². The van der Waals surface area contributed by atoms with Gasteiger partial charge >= 0.3 is 6.03 Å². The number of para-hydroxylation sites is 1. The monoisotopic (exact) mass is 386 g/mol. The number of anilines is 1. The topological polar surface area (TPSA) is 76.0 Å². The van der Waals surface area contributed by atoms with Gasteiger partial charge in [0.15, 0.2) is 5.16 Å². The van der Waals surface area contributed by atoms with Crippen LogP contribution in [0.5, 0.6) is 0 Å². The minimum absolute atomic E-state index is 0.0553. The maximum Gasteiger partial charge on any atom is 0.325 e. The first kappa shape index (κ1) is 18.0. The summed E-state index contributed by atoms with van der Waals surface area (Å²) in [6.45, 7) is 0. The van der Waals surface area contributed by atoms with Crippen LogP contribution >= 0.6 is 23.4 Å². The third kappa shape index (κ3) is 4.87. The van der Waals surface area contributed by atoms with Gasteiger partial charge in [0.05, 0.1) is 5.75 Å². The molecule has 3 aromatic rings. The molecule has 3 amide bonds. The van der Waals surface area contributed by atoms with Crippen molar-refractivity contribution in [2.45, 2.75) is 5.16 Å². The molecule has 1 heterocycles. The molecule has 0 bridgehead atoms. The normalized spacial score (nSPS) is 10.3. The number of halogens is 1. The first-order valence-corrected chi connectivity index (χ1v) is 9.06. The quantitative estimate of drug-likeness (QED) is 0.650. The Labute approximate surface area is 159 Å². The smallest absolute Gasteiger partial charge is 0.308 e. The number of carbonyl (C=O) groups is 2. The van der Waals surface area contributed by atoms with Crippen molar-refractivity contribution >= 4 is 41.0 Å². The Hall–Kier alpha value is -2.77. The number of hydrogen-bond acceptors (Lipinski definition) is 4. The van der Waals surface area contributed by atoms with Gasteiger partial charge in [-0.2, -0.15) is 0 Å². The van der Waals surface area contributed by atoms with Gasteiger partial charge in [-0.3, -0.25) is 14.7 Å². The van der Waals surface area contributed by atoms with Crippen LogP contribution in [-0.4, -0.2) is 27.2 Å². The lowest BCUT2D eigenvalue weighted by Crippen LogP contribution is -2.35. The summed E-state index contributed by atoms with van der Waals surface area (Å²) in [5.41, 5.74) is 1.46. The van der Waals surface area contributed by atoms with Crippen molar-refractivity contribution in [2.24, 2.45) is 0 Å². The molecule has 0 saturated carbocycles. The Morgan fingerprint density at radius 1 is 1.12 bits per heavy atom. The van der Waals surface area contributed by atoms with Crippen molar-refractivity contribution in [1.29, 1.82) is 0 Å².